The molecule has 0 fully saturated rings. The van der Waals surface area contributed by atoms with Crippen LogP contribution in [0.1, 0.15) is 30.5 Å². The van der Waals surface area contributed by atoms with Crippen LogP contribution in [0, 0.1) is 13.8 Å². The number of hydrogen-bond donors (Lipinski definition) is 1. The molecule has 0 amide bonds. The van der Waals surface area contributed by atoms with Gasteiger partial charge in [0.2, 0.25) is 10.0 Å². The van der Waals surface area contributed by atoms with Gasteiger partial charge in [0.25, 0.3) is 0 Å². The highest BCUT2D eigenvalue weighted by atomic mass is 32.2. The first-order chi connectivity index (χ1) is 8.58. The Kier molecular flexibility index (Phi) is 3.39. The summed E-state index contributed by atoms with van der Waals surface area (Å²) < 4.78 is 31.6. The minimum absolute atomic E-state index is 0.253. The van der Waals surface area contributed by atoms with Crippen LogP contribution in [0.15, 0.2) is 12.1 Å². The average molecular weight is 283 g/mol. The molecule has 1 aromatic rings. The van der Waals surface area contributed by atoms with Crippen molar-refractivity contribution in [1.29, 1.82) is 0 Å². The molecular weight excluding hydrogens is 262 g/mol. The summed E-state index contributed by atoms with van der Waals surface area (Å²) in [4.78, 5) is 0. The second-order valence-electron chi connectivity index (χ2n) is 5.90. The SMILES string of the molecule is Cc1cc2c(cc1C)OC(C)(C)C(NS(C)(=O)=O)C2. The molecule has 1 aromatic carbocycles. The predicted molar refractivity (Wildman–Crippen MR) is 76.1 cm³/mol. The number of hydrogen-bond acceptors (Lipinski definition) is 3. The number of sulfonamides is 1. The molecular formula is C14H21NO3S. The molecule has 5 heteroatoms. The number of ether oxygens (including phenoxy) is 1. The first-order valence-electron chi connectivity index (χ1n) is 6.35. The van der Waals surface area contributed by atoms with Gasteiger partial charge in [-0.25, -0.2) is 13.1 Å². The zero-order valence-electron chi connectivity index (χ0n) is 12.1. The van der Waals surface area contributed by atoms with E-state index in [2.05, 4.69) is 10.8 Å². The lowest BCUT2D eigenvalue weighted by Gasteiger charge is -2.40. The Labute approximate surface area is 115 Å². The third kappa shape index (κ3) is 3.09. The van der Waals surface area contributed by atoms with Crippen molar-refractivity contribution in [3.05, 3.63) is 28.8 Å². The van der Waals surface area contributed by atoms with Crippen LogP contribution in [0.5, 0.6) is 5.75 Å². The van der Waals surface area contributed by atoms with Crippen molar-refractivity contribution >= 4 is 10.0 Å². The fourth-order valence-corrected chi connectivity index (χ4v) is 3.25. The van der Waals surface area contributed by atoms with Crippen LogP contribution in [0.25, 0.3) is 0 Å². The summed E-state index contributed by atoms with van der Waals surface area (Å²) in [6, 6.07) is 3.86. The van der Waals surface area contributed by atoms with Crippen LogP contribution in [0.4, 0.5) is 0 Å². The van der Waals surface area contributed by atoms with Gasteiger partial charge < -0.3 is 4.74 Å². The van der Waals surface area contributed by atoms with Crippen molar-refractivity contribution in [2.75, 3.05) is 6.26 Å². The Morgan fingerprint density at radius 3 is 2.42 bits per heavy atom. The lowest BCUT2D eigenvalue weighted by Crippen LogP contribution is -2.55. The molecule has 0 aromatic heterocycles. The zero-order valence-corrected chi connectivity index (χ0v) is 12.9. The molecule has 4 nitrogen and oxygen atoms in total. The van der Waals surface area contributed by atoms with Gasteiger partial charge in [0.1, 0.15) is 11.4 Å². The molecule has 0 aliphatic carbocycles. The van der Waals surface area contributed by atoms with E-state index in [0.717, 1.165) is 11.3 Å². The number of rotatable bonds is 2. The van der Waals surface area contributed by atoms with Crippen LogP contribution in [-0.2, 0) is 16.4 Å². The summed E-state index contributed by atoms with van der Waals surface area (Å²) in [6.07, 6.45) is 1.83. The van der Waals surface area contributed by atoms with Crippen molar-refractivity contribution in [1.82, 2.24) is 4.72 Å². The monoisotopic (exact) mass is 283 g/mol. The van der Waals surface area contributed by atoms with E-state index >= 15 is 0 Å². The summed E-state index contributed by atoms with van der Waals surface area (Å²) in [6.45, 7) is 7.92. The third-order valence-corrected chi connectivity index (χ3v) is 4.38. The summed E-state index contributed by atoms with van der Waals surface area (Å²) >= 11 is 0. The highest BCUT2D eigenvalue weighted by Crippen LogP contribution is 2.35. The van der Waals surface area contributed by atoms with Crippen molar-refractivity contribution in [2.45, 2.75) is 45.8 Å². The number of fused-ring (bicyclic) bond motifs is 1. The summed E-state index contributed by atoms with van der Waals surface area (Å²) in [5.74, 6) is 0.861. The molecule has 0 saturated heterocycles. The lowest BCUT2D eigenvalue weighted by atomic mass is 9.88. The Balaban J connectivity index is 2.39. The van der Waals surface area contributed by atoms with E-state index in [-0.39, 0.29) is 6.04 Å². The normalized spacial score (nSPS) is 21.6. The van der Waals surface area contributed by atoms with E-state index in [1.54, 1.807) is 0 Å². The standard InChI is InChI=1S/C14H21NO3S/c1-9-6-11-8-13(15-19(5,16)17)14(3,4)18-12(11)7-10(9)2/h6-7,13,15H,8H2,1-5H3. The molecule has 1 aliphatic heterocycles. The fourth-order valence-electron chi connectivity index (χ4n) is 2.37. The van der Waals surface area contributed by atoms with Crippen LogP contribution in [0.3, 0.4) is 0 Å². The molecule has 0 spiro atoms. The van der Waals surface area contributed by atoms with Gasteiger partial charge in [-0.05, 0) is 56.9 Å². The van der Waals surface area contributed by atoms with Gasteiger partial charge in [0.15, 0.2) is 0 Å². The van der Waals surface area contributed by atoms with E-state index in [0.29, 0.717) is 6.42 Å². The molecule has 19 heavy (non-hydrogen) atoms. The van der Waals surface area contributed by atoms with Crippen LogP contribution < -0.4 is 9.46 Å². The molecule has 0 radical (unpaired) electrons. The molecule has 0 bridgehead atoms. The van der Waals surface area contributed by atoms with Crippen molar-refractivity contribution in [3.8, 4) is 5.75 Å². The maximum atomic E-state index is 11.5. The lowest BCUT2D eigenvalue weighted by molar-refractivity contribution is 0.0574. The van der Waals surface area contributed by atoms with E-state index in [1.165, 1.54) is 17.4 Å². The highest BCUT2D eigenvalue weighted by molar-refractivity contribution is 7.88. The summed E-state index contributed by atoms with van der Waals surface area (Å²) in [5.41, 5.74) is 2.88. The second-order valence-corrected chi connectivity index (χ2v) is 7.68. The number of aryl methyl sites for hydroxylation is 2. The molecule has 2 rings (SSSR count). The first-order valence-corrected chi connectivity index (χ1v) is 8.24. The van der Waals surface area contributed by atoms with Crippen LogP contribution in [-0.4, -0.2) is 26.3 Å². The molecule has 1 unspecified atom stereocenters. The third-order valence-electron chi connectivity index (χ3n) is 3.67. The van der Waals surface area contributed by atoms with E-state index < -0.39 is 15.6 Å². The van der Waals surface area contributed by atoms with E-state index in [4.69, 9.17) is 4.74 Å². The average Bonchev–Trinajstić information content (AvgIpc) is 2.20. The number of nitrogens with one attached hydrogen (secondary N) is 1. The van der Waals surface area contributed by atoms with Crippen LogP contribution >= 0.6 is 0 Å². The summed E-state index contributed by atoms with van der Waals surface area (Å²) in [5, 5.41) is 0. The van der Waals surface area contributed by atoms with Crippen molar-refractivity contribution in [2.24, 2.45) is 0 Å². The quantitative estimate of drug-likeness (QED) is 0.902. The minimum Gasteiger partial charge on any atom is -0.486 e. The van der Waals surface area contributed by atoms with Gasteiger partial charge in [0, 0.05) is 0 Å². The van der Waals surface area contributed by atoms with Gasteiger partial charge in [-0.3, -0.25) is 0 Å². The molecule has 1 heterocycles. The second kappa shape index (κ2) is 4.49. The molecule has 1 N–H and O–H groups in total. The van der Waals surface area contributed by atoms with Crippen molar-refractivity contribution < 1.29 is 13.2 Å². The summed E-state index contributed by atoms with van der Waals surface area (Å²) in [7, 11) is -3.25. The molecule has 1 aliphatic rings. The fraction of sp³-hybridized carbons (Fsp3) is 0.571. The molecule has 106 valence electrons. The van der Waals surface area contributed by atoms with E-state index in [1.807, 2.05) is 33.8 Å². The number of benzene rings is 1. The van der Waals surface area contributed by atoms with Crippen LogP contribution in [0.2, 0.25) is 0 Å². The van der Waals surface area contributed by atoms with E-state index in [9.17, 15) is 8.42 Å². The Morgan fingerprint density at radius 1 is 1.26 bits per heavy atom. The van der Waals surface area contributed by atoms with Gasteiger partial charge in [-0.1, -0.05) is 6.07 Å². The van der Waals surface area contributed by atoms with Crippen molar-refractivity contribution in [3.63, 3.8) is 0 Å². The van der Waals surface area contributed by atoms with Gasteiger partial charge in [-0.2, -0.15) is 0 Å². The Bertz CT molecular complexity index is 605. The minimum atomic E-state index is -3.25. The Morgan fingerprint density at radius 2 is 1.84 bits per heavy atom. The Hall–Kier alpha value is -1.07. The molecule has 1 atom stereocenters. The maximum absolute atomic E-state index is 11.5. The smallest absolute Gasteiger partial charge is 0.209 e. The first kappa shape index (κ1) is 14.3. The van der Waals surface area contributed by atoms with Gasteiger partial charge in [0.05, 0.1) is 12.3 Å². The predicted octanol–water partition coefficient (Wildman–Crippen LogP) is 1.93. The maximum Gasteiger partial charge on any atom is 0.209 e. The molecule has 0 saturated carbocycles. The highest BCUT2D eigenvalue weighted by Gasteiger charge is 2.38. The topological polar surface area (TPSA) is 55.4 Å². The van der Waals surface area contributed by atoms with Gasteiger partial charge in [-0.15, -0.1) is 0 Å². The zero-order chi connectivity index (χ0) is 14.4. The largest absolute Gasteiger partial charge is 0.486 e. The van der Waals surface area contributed by atoms with Gasteiger partial charge >= 0.3 is 0 Å².